The van der Waals surface area contributed by atoms with E-state index in [9.17, 15) is 0 Å². The molecule has 0 amide bonds. The van der Waals surface area contributed by atoms with E-state index in [1.54, 1.807) is 0 Å². The molecule has 0 heterocycles. The topological polar surface area (TPSA) is 12.0 Å². The summed E-state index contributed by atoms with van der Waals surface area (Å²) >= 11 is 0. The van der Waals surface area contributed by atoms with Crippen molar-refractivity contribution in [2.45, 2.75) is 54.0 Å². The van der Waals surface area contributed by atoms with Gasteiger partial charge in [-0.2, -0.15) is 0 Å². The van der Waals surface area contributed by atoms with Crippen LogP contribution in [0.4, 0.5) is 0 Å². The number of hydrogen-bond donors (Lipinski definition) is 1. The van der Waals surface area contributed by atoms with Crippen LogP contribution in [0, 0.1) is 5.92 Å². The lowest BCUT2D eigenvalue weighted by atomic mass is 10.0. The average Bonchev–Trinajstić information content (AvgIpc) is 2.03. The molecule has 0 aliphatic heterocycles. The quantitative estimate of drug-likeness (QED) is 0.665. The van der Waals surface area contributed by atoms with E-state index in [1.165, 1.54) is 6.42 Å². The maximum Gasteiger partial charge on any atom is 0.00873 e. The molecular weight excluding hydrogens is 134 g/mol. The van der Waals surface area contributed by atoms with E-state index < -0.39 is 0 Å². The Kier molecular flexibility index (Phi) is 12.3. The predicted octanol–water partition coefficient (Wildman–Crippen LogP) is 3.06. The Hall–Kier alpha value is -0.0400. The summed E-state index contributed by atoms with van der Waals surface area (Å²) in [4.78, 5) is 0. The second-order valence-electron chi connectivity index (χ2n) is 2.82. The molecule has 0 aromatic rings. The third kappa shape index (κ3) is 7.86. The van der Waals surface area contributed by atoms with E-state index >= 15 is 0 Å². The molecule has 0 rings (SSSR count). The minimum atomic E-state index is 0.718. The van der Waals surface area contributed by atoms with Crippen molar-refractivity contribution in [1.29, 1.82) is 0 Å². The molecule has 1 unspecified atom stereocenters. The van der Waals surface area contributed by atoms with E-state index in [0.29, 0.717) is 0 Å². The standard InChI is InChI=1S/C8H19N.C2H6/c1-5-8(7(3)4)9-6-2;1-2/h7-9H,5-6H2,1-4H3;1-2H3. The Morgan fingerprint density at radius 2 is 1.55 bits per heavy atom. The van der Waals surface area contributed by atoms with Gasteiger partial charge in [0, 0.05) is 6.04 Å². The largest absolute Gasteiger partial charge is 0.314 e. The zero-order valence-corrected chi connectivity index (χ0v) is 9.07. The van der Waals surface area contributed by atoms with Crippen LogP contribution in [0.2, 0.25) is 0 Å². The minimum absolute atomic E-state index is 0.718. The van der Waals surface area contributed by atoms with Gasteiger partial charge in [0.2, 0.25) is 0 Å². The van der Waals surface area contributed by atoms with Gasteiger partial charge in [0.15, 0.2) is 0 Å². The fourth-order valence-corrected chi connectivity index (χ4v) is 1.11. The fourth-order valence-electron chi connectivity index (χ4n) is 1.11. The highest BCUT2D eigenvalue weighted by atomic mass is 14.9. The van der Waals surface area contributed by atoms with Crippen LogP contribution < -0.4 is 5.32 Å². The molecular formula is C10H25N. The van der Waals surface area contributed by atoms with Crippen LogP contribution in [0.15, 0.2) is 0 Å². The highest BCUT2D eigenvalue weighted by Gasteiger charge is 2.07. The SMILES string of the molecule is CC.CCNC(CC)C(C)C. The highest BCUT2D eigenvalue weighted by molar-refractivity contribution is 4.66. The summed E-state index contributed by atoms with van der Waals surface area (Å²) in [6, 6.07) is 0.718. The maximum absolute atomic E-state index is 3.43. The van der Waals surface area contributed by atoms with Gasteiger partial charge < -0.3 is 5.32 Å². The predicted molar refractivity (Wildman–Crippen MR) is 53.9 cm³/mol. The Balaban J connectivity index is 0. The normalized spacial score (nSPS) is 12.3. The molecule has 11 heavy (non-hydrogen) atoms. The molecule has 0 saturated heterocycles. The minimum Gasteiger partial charge on any atom is -0.314 e. The van der Waals surface area contributed by atoms with Crippen molar-refractivity contribution in [2.75, 3.05) is 6.54 Å². The molecule has 1 heteroatoms. The Labute approximate surface area is 72.6 Å². The van der Waals surface area contributed by atoms with E-state index in [1.807, 2.05) is 13.8 Å². The summed E-state index contributed by atoms with van der Waals surface area (Å²) in [6.45, 7) is 14.0. The molecule has 0 aromatic carbocycles. The van der Waals surface area contributed by atoms with Gasteiger partial charge in [-0.3, -0.25) is 0 Å². The van der Waals surface area contributed by atoms with E-state index in [4.69, 9.17) is 0 Å². The van der Waals surface area contributed by atoms with Gasteiger partial charge in [0.05, 0.1) is 0 Å². The van der Waals surface area contributed by atoms with Gasteiger partial charge in [0.25, 0.3) is 0 Å². The molecule has 0 aliphatic rings. The van der Waals surface area contributed by atoms with E-state index in [2.05, 4.69) is 33.0 Å². The van der Waals surface area contributed by atoms with E-state index in [-0.39, 0.29) is 0 Å². The van der Waals surface area contributed by atoms with Gasteiger partial charge in [-0.25, -0.2) is 0 Å². The molecule has 0 bridgehead atoms. The van der Waals surface area contributed by atoms with E-state index in [0.717, 1.165) is 18.5 Å². The van der Waals surface area contributed by atoms with Crippen LogP contribution in [-0.4, -0.2) is 12.6 Å². The molecule has 0 aliphatic carbocycles. The molecule has 1 atom stereocenters. The van der Waals surface area contributed by atoms with Crippen molar-refractivity contribution in [2.24, 2.45) is 5.92 Å². The van der Waals surface area contributed by atoms with Crippen LogP contribution in [0.1, 0.15) is 48.0 Å². The summed E-state index contributed by atoms with van der Waals surface area (Å²) in [5.41, 5.74) is 0. The number of nitrogens with one attached hydrogen (secondary N) is 1. The van der Waals surface area contributed by atoms with Crippen LogP contribution in [0.25, 0.3) is 0 Å². The van der Waals surface area contributed by atoms with Crippen molar-refractivity contribution in [3.63, 3.8) is 0 Å². The van der Waals surface area contributed by atoms with Gasteiger partial charge in [0.1, 0.15) is 0 Å². The lowest BCUT2D eigenvalue weighted by molar-refractivity contribution is 0.397. The lowest BCUT2D eigenvalue weighted by Gasteiger charge is -2.19. The summed E-state index contributed by atoms with van der Waals surface area (Å²) in [6.07, 6.45) is 1.24. The molecule has 0 saturated carbocycles. The Bertz CT molecular complexity index is 59.9. The molecule has 0 aromatic heterocycles. The maximum atomic E-state index is 3.43. The molecule has 0 radical (unpaired) electrons. The van der Waals surface area contributed by atoms with Crippen molar-refractivity contribution < 1.29 is 0 Å². The fraction of sp³-hybridized carbons (Fsp3) is 1.00. The first-order valence-electron chi connectivity index (χ1n) is 4.95. The van der Waals surface area contributed by atoms with Gasteiger partial charge >= 0.3 is 0 Å². The highest BCUT2D eigenvalue weighted by Crippen LogP contribution is 2.03. The van der Waals surface area contributed by atoms with Gasteiger partial charge in [-0.15, -0.1) is 0 Å². The first-order chi connectivity index (χ1) is 5.22. The molecule has 0 fully saturated rings. The number of hydrogen-bond acceptors (Lipinski definition) is 1. The van der Waals surface area contributed by atoms with Crippen LogP contribution in [0.5, 0.6) is 0 Å². The van der Waals surface area contributed by atoms with Gasteiger partial charge in [-0.05, 0) is 18.9 Å². The average molecular weight is 159 g/mol. The second kappa shape index (κ2) is 9.96. The summed E-state index contributed by atoms with van der Waals surface area (Å²) in [7, 11) is 0. The van der Waals surface area contributed by atoms with Crippen molar-refractivity contribution in [3.05, 3.63) is 0 Å². The van der Waals surface area contributed by atoms with Crippen molar-refractivity contribution >= 4 is 0 Å². The Morgan fingerprint density at radius 3 is 1.64 bits per heavy atom. The van der Waals surface area contributed by atoms with Crippen molar-refractivity contribution in [3.8, 4) is 0 Å². The molecule has 1 nitrogen and oxygen atoms in total. The molecule has 70 valence electrons. The summed E-state index contributed by atoms with van der Waals surface area (Å²) in [5.74, 6) is 0.773. The lowest BCUT2D eigenvalue weighted by Crippen LogP contribution is -2.32. The Morgan fingerprint density at radius 1 is 1.09 bits per heavy atom. The summed E-state index contributed by atoms with van der Waals surface area (Å²) < 4.78 is 0. The first kappa shape index (κ1) is 13.5. The second-order valence-corrected chi connectivity index (χ2v) is 2.82. The molecule has 1 N–H and O–H groups in total. The van der Waals surface area contributed by atoms with Crippen LogP contribution >= 0.6 is 0 Å². The van der Waals surface area contributed by atoms with Crippen LogP contribution in [0.3, 0.4) is 0 Å². The third-order valence-electron chi connectivity index (χ3n) is 1.71. The van der Waals surface area contributed by atoms with Crippen LogP contribution in [-0.2, 0) is 0 Å². The first-order valence-corrected chi connectivity index (χ1v) is 4.95. The number of rotatable bonds is 4. The third-order valence-corrected chi connectivity index (χ3v) is 1.71. The molecule has 0 spiro atoms. The summed E-state index contributed by atoms with van der Waals surface area (Å²) in [5, 5.41) is 3.43. The van der Waals surface area contributed by atoms with Gasteiger partial charge in [-0.1, -0.05) is 41.5 Å². The smallest absolute Gasteiger partial charge is 0.00873 e. The van der Waals surface area contributed by atoms with Crippen molar-refractivity contribution in [1.82, 2.24) is 5.32 Å². The monoisotopic (exact) mass is 159 g/mol. The zero-order valence-electron chi connectivity index (χ0n) is 9.07. The zero-order chi connectivity index (χ0) is 9.28.